The molecule has 0 bridgehead atoms. The van der Waals surface area contributed by atoms with E-state index in [1.54, 1.807) is 18.2 Å². The lowest BCUT2D eigenvalue weighted by Crippen LogP contribution is -2.27. The van der Waals surface area contributed by atoms with Crippen molar-refractivity contribution < 1.29 is 9.53 Å². The van der Waals surface area contributed by atoms with Crippen molar-refractivity contribution in [3.63, 3.8) is 0 Å². The van der Waals surface area contributed by atoms with E-state index in [2.05, 4.69) is 34.7 Å². The van der Waals surface area contributed by atoms with E-state index in [-0.39, 0.29) is 23.0 Å². The number of anilines is 1. The normalized spacial score (nSPS) is 10.1. The number of likely N-dealkylation sites (N-methyl/N-ethyl adjacent to an activating group) is 1. The second-order valence-corrected chi connectivity index (χ2v) is 4.75. The highest BCUT2D eigenvalue weighted by Crippen LogP contribution is 2.20. The zero-order valence-electron chi connectivity index (χ0n) is 11.2. The highest BCUT2D eigenvalue weighted by atomic mass is 79.9. The minimum Gasteiger partial charge on any atom is -0.461 e. The van der Waals surface area contributed by atoms with Crippen molar-refractivity contribution in [3.8, 4) is 0 Å². The van der Waals surface area contributed by atoms with Crippen molar-refractivity contribution in [3.05, 3.63) is 28.2 Å². The molecule has 0 aliphatic carbocycles. The molecule has 6 heteroatoms. The Hall–Kier alpha value is -0.590. The molecule has 0 saturated carbocycles. The molecule has 0 amide bonds. The number of nitrogens with zero attached hydrogens (tertiary/aromatic N) is 1. The van der Waals surface area contributed by atoms with Crippen LogP contribution in [0.2, 0.25) is 0 Å². The van der Waals surface area contributed by atoms with Gasteiger partial charge in [-0.25, -0.2) is 4.79 Å². The Balaban J connectivity index is 0.00000324. The number of nitrogens with two attached hydrogens (primary N) is 1. The Morgan fingerprint density at radius 1 is 1.37 bits per heavy atom. The number of ether oxygens (including phenoxy) is 1. The third-order valence-corrected chi connectivity index (χ3v) is 3.46. The molecule has 4 nitrogen and oxygen atoms in total. The van der Waals surface area contributed by atoms with Crippen LogP contribution in [0.3, 0.4) is 0 Å². The Bertz CT molecular complexity index is 410. The molecule has 0 saturated heterocycles. The second kappa shape index (κ2) is 9.34. The summed E-state index contributed by atoms with van der Waals surface area (Å²) in [6, 6.07) is 5.03. The first-order valence-electron chi connectivity index (χ1n) is 6.03. The molecule has 0 aromatic heterocycles. The molecule has 0 fully saturated rings. The predicted molar refractivity (Wildman–Crippen MR) is 86.9 cm³/mol. The summed E-state index contributed by atoms with van der Waals surface area (Å²) in [5.74, 6) is -0.317. The Kier molecular flexibility index (Phi) is 9.05. The lowest BCUT2D eigenvalue weighted by atomic mass is 10.2. The van der Waals surface area contributed by atoms with Crippen LogP contribution >= 0.6 is 32.9 Å². The quantitative estimate of drug-likeness (QED) is 0.593. The van der Waals surface area contributed by atoms with Crippen molar-refractivity contribution in [2.75, 3.05) is 32.0 Å². The number of rotatable bonds is 6. The van der Waals surface area contributed by atoms with Crippen molar-refractivity contribution in [2.45, 2.75) is 13.8 Å². The van der Waals surface area contributed by atoms with Gasteiger partial charge in [0.25, 0.3) is 0 Å². The van der Waals surface area contributed by atoms with Gasteiger partial charge in [-0.15, -0.1) is 17.0 Å². The van der Waals surface area contributed by atoms with Crippen molar-refractivity contribution in [1.82, 2.24) is 4.90 Å². The first kappa shape index (κ1) is 18.4. The minimum absolute atomic E-state index is 0. The number of nitrogen functional groups attached to an aromatic ring is 1. The van der Waals surface area contributed by atoms with Crippen LogP contribution in [0.4, 0.5) is 5.69 Å². The van der Waals surface area contributed by atoms with E-state index < -0.39 is 0 Å². The number of hydrogen-bond donors (Lipinski definition) is 1. The van der Waals surface area contributed by atoms with Crippen molar-refractivity contribution >= 4 is 44.6 Å². The summed E-state index contributed by atoms with van der Waals surface area (Å²) in [5, 5.41) is 0. The van der Waals surface area contributed by atoms with Gasteiger partial charge in [-0.3, -0.25) is 0 Å². The monoisotopic (exact) mass is 394 g/mol. The van der Waals surface area contributed by atoms with Crippen LogP contribution in [0, 0.1) is 0 Å². The molecule has 19 heavy (non-hydrogen) atoms. The molecule has 0 unspecified atom stereocenters. The van der Waals surface area contributed by atoms with Crippen LogP contribution in [0.1, 0.15) is 24.2 Å². The molecule has 108 valence electrons. The summed E-state index contributed by atoms with van der Waals surface area (Å²) >= 11 is 3.29. The van der Waals surface area contributed by atoms with E-state index in [1.807, 2.05) is 0 Å². The van der Waals surface area contributed by atoms with Crippen LogP contribution in [-0.4, -0.2) is 37.1 Å². The smallest absolute Gasteiger partial charge is 0.338 e. The molecule has 2 N–H and O–H groups in total. The van der Waals surface area contributed by atoms with Crippen LogP contribution in [0.25, 0.3) is 0 Å². The Labute approximate surface area is 133 Å². The maximum atomic E-state index is 11.8. The summed E-state index contributed by atoms with van der Waals surface area (Å²) in [7, 11) is 0. The summed E-state index contributed by atoms with van der Waals surface area (Å²) < 4.78 is 5.92. The van der Waals surface area contributed by atoms with Crippen LogP contribution in [0.5, 0.6) is 0 Å². The molecule has 1 rings (SSSR count). The number of hydrogen-bond acceptors (Lipinski definition) is 4. The highest BCUT2D eigenvalue weighted by molar-refractivity contribution is 9.10. The zero-order chi connectivity index (χ0) is 13.5. The second-order valence-electron chi connectivity index (χ2n) is 3.90. The molecule has 0 atom stereocenters. The SMILES string of the molecule is Br.CCN(CC)CCOC(=O)c1ccc(N)c(Br)c1. The average Bonchev–Trinajstić information content (AvgIpc) is 2.37. The van der Waals surface area contributed by atoms with E-state index in [4.69, 9.17) is 10.5 Å². The molecular weight excluding hydrogens is 376 g/mol. The summed E-state index contributed by atoms with van der Waals surface area (Å²) in [5.41, 5.74) is 6.78. The highest BCUT2D eigenvalue weighted by Gasteiger charge is 2.09. The summed E-state index contributed by atoms with van der Waals surface area (Å²) in [6.07, 6.45) is 0. The summed E-state index contributed by atoms with van der Waals surface area (Å²) in [6.45, 7) is 7.26. The maximum Gasteiger partial charge on any atom is 0.338 e. The molecule has 0 aliphatic rings. The zero-order valence-corrected chi connectivity index (χ0v) is 14.5. The largest absolute Gasteiger partial charge is 0.461 e. The van der Waals surface area contributed by atoms with Gasteiger partial charge in [0.15, 0.2) is 0 Å². The minimum atomic E-state index is -0.317. The van der Waals surface area contributed by atoms with Crippen LogP contribution in [0.15, 0.2) is 22.7 Å². The number of halogens is 2. The molecular formula is C13H20Br2N2O2. The van der Waals surface area contributed by atoms with E-state index in [9.17, 15) is 4.79 Å². The molecule has 0 radical (unpaired) electrons. The van der Waals surface area contributed by atoms with Gasteiger partial charge in [0.2, 0.25) is 0 Å². The van der Waals surface area contributed by atoms with Gasteiger partial charge in [0.05, 0.1) is 5.56 Å². The standard InChI is InChI=1S/C13H19BrN2O2.BrH/c1-3-16(4-2)7-8-18-13(17)10-5-6-12(15)11(14)9-10;/h5-6,9H,3-4,7-8,15H2,1-2H3;1H. The fraction of sp³-hybridized carbons (Fsp3) is 0.462. The van der Waals surface area contributed by atoms with E-state index >= 15 is 0 Å². The van der Waals surface area contributed by atoms with Gasteiger partial charge in [-0.05, 0) is 47.2 Å². The van der Waals surface area contributed by atoms with Gasteiger partial charge in [-0.2, -0.15) is 0 Å². The van der Waals surface area contributed by atoms with Gasteiger partial charge < -0.3 is 15.4 Å². The Morgan fingerprint density at radius 2 is 2.00 bits per heavy atom. The number of esters is 1. The molecule has 0 aliphatic heterocycles. The van der Waals surface area contributed by atoms with Gasteiger partial charge in [0, 0.05) is 16.7 Å². The van der Waals surface area contributed by atoms with Crippen LogP contribution < -0.4 is 5.73 Å². The molecule has 1 aromatic rings. The molecule has 0 heterocycles. The fourth-order valence-electron chi connectivity index (χ4n) is 1.54. The van der Waals surface area contributed by atoms with E-state index in [1.165, 1.54) is 0 Å². The lowest BCUT2D eigenvalue weighted by molar-refractivity contribution is 0.0466. The first-order valence-corrected chi connectivity index (χ1v) is 6.82. The average molecular weight is 396 g/mol. The fourth-order valence-corrected chi connectivity index (χ4v) is 1.92. The summed E-state index contributed by atoms with van der Waals surface area (Å²) in [4.78, 5) is 14.0. The molecule has 1 aromatic carbocycles. The van der Waals surface area contributed by atoms with E-state index in [0.29, 0.717) is 22.3 Å². The van der Waals surface area contributed by atoms with Gasteiger partial charge in [-0.1, -0.05) is 13.8 Å². The van der Waals surface area contributed by atoms with Crippen molar-refractivity contribution in [2.24, 2.45) is 0 Å². The molecule has 0 spiro atoms. The van der Waals surface area contributed by atoms with E-state index in [0.717, 1.165) is 19.6 Å². The van der Waals surface area contributed by atoms with Crippen LogP contribution in [-0.2, 0) is 4.74 Å². The first-order chi connectivity index (χ1) is 8.58. The third-order valence-electron chi connectivity index (χ3n) is 2.77. The topological polar surface area (TPSA) is 55.6 Å². The van der Waals surface area contributed by atoms with Gasteiger partial charge >= 0.3 is 5.97 Å². The number of carbonyl (C=O) groups excluding carboxylic acids is 1. The predicted octanol–water partition coefficient (Wildman–Crippen LogP) is 3.11. The number of carbonyl (C=O) groups is 1. The lowest BCUT2D eigenvalue weighted by Gasteiger charge is -2.17. The van der Waals surface area contributed by atoms with Crippen molar-refractivity contribution in [1.29, 1.82) is 0 Å². The maximum absolute atomic E-state index is 11.8. The number of benzene rings is 1. The third kappa shape index (κ3) is 5.93. The Morgan fingerprint density at radius 3 is 2.53 bits per heavy atom. The van der Waals surface area contributed by atoms with Gasteiger partial charge in [0.1, 0.15) is 6.61 Å².